The number of carbonyl (C=O) groups is 1. The molecule has 2 bridgehead atoms. The van der Waals surface area contributed by atoms with Gasteiger partial charge in [-0.25, -0.2) is 4.79 Å². The van der Waals surface area contributed by atoms with Crippen molar-refractivity contribution in [1.82, 2.24) is 9.88 Å². The fraction of sp³-hybridized carbons (Fsp3) is 0.444. The second kappa shape index (κ2) is 6.42. The van der Waals surface area contributed by atoms with E-state index in [1.54, 1.807) is 6.20 Å². The molecule has 0 amide bonds. The standard InChI is InChI=1S/C18H20N2O2S/c21-18(22-15-8-11-20-10-3-4-13(15)12-20)17-7-6-16(23-17)14-5-1-2-9-19-14/h1-2,5-7,9,13,15H,3-4,8,10-12H2. The lowest BCUT2D eigenvalue weighted by Gasteiger charge is -2.41. The maximum atomic E-state index is 12.5. The zero-order chi connectivity index (χ0) is 15.6. The van der Waals surface area contributed by atoms with Crippen LogP contribution in [0.5, 0.6) is 0 Å². The van der Waals surface area contributed by atoms with Crippen molar-refractivity contribution >= 4 is 17.3 Å². The maximum absolute atomic E-state index is 12.5. The van der Waals surface area contributed by atoms with E-state index in [4.69, 9.17) is 4.74 Å². The lowest BCUT2D eigenvalue weighted by Crippen LogP contribution is -2.48. The molecule has 5 heteroatoms. The van der Waals surface area contributed by atoms with Gasteiger partial charge < -0.3 is 9.64 Å². The van der Waals surface area contributed by atoms with Crippen LogP contribution in [0.15, 0.2) is 36.5 Å². The van der Waals surface area contributed by atoms with E-state index < -0.39 is 0 Å². The number of pyridine rings is 1. The SMILES string of the molecule is O=C(OC1CCN2CCCC1C2)c1ccc(-c2ccccn2)s1. The van der Waals surface area contributed by atoms with Crippen molar-refractivity contribution in [3.63, 3.8) is 0 Å². The molecule has 0 N–H and O–H groups in total. The Morgan fingerprint density at radius 2 is 2.17 bits per heavy atom. The highest BCUT2D eigenvalue weighted by molar-refractivity contribution is 7.17. The highest BCUT2D eigenvalue weighted by Gasteiger charge is 2.34. The van der Waals surface area contributed by atoms with Crippen molar-refractivity contribution in [2.45, 2.75) is 25.4 Å². The topological polar surface area (TPSA) is 42.4 Å². The summed E-state index contributed by atoms with van der Waals surface area (Å²) in [7, 11) is 0. The van der Waals surface area contributed by atoms with E-state index in [1.165, 1.54) is 30.7 Å². The van der Waals surface area contributed by atoms with Crippen LogP contribution in [0.4, 0.5) is 0 Å². The lowest BCUT2D eigenvalue weighted by atomic mass is 9.87. The fourth-order valence-electron chi connectivity index (χ4n) is 3.59. The zero-order valence-corrected chi connectivity index (χ0v) is 13.8. The van der Waals surface area contributed by atoms with Crippen molar-refractivity contribution in [2.75, 3.05) is 19.6 Å². The minimum absolute atomic E-state index is 0.0828. The predicted molar refractivity (Wildman–Crippen MR) is 90.5 cm³/mol. The summed E-state index contributed by atoms with van der Waals surface area (Å²) in [4.78, 5) is 21.0. The third kappa shape index (κ3) is 3.16. The summed E-state index contributed by atoms with van der Waals surface area (Å²) in [5.74, 6) is 0.331. The lowest BCUT2D eigenvalue weighted by molar-refractivity contribution is -0.0289. The molecule has 23 heavy (non-hydrogen) atoms. The number of hydrogen-bond acceptors (Lipinski definition) is 5. The van der Waals surface area contributed by atoms with Crippen LogP contribution in [0.3, 0.4) is 0 Å². The first kappa shape index (κ1) is 14.8. The van der Waals surface area contributed by atoms with Crippen molar-refractivity contribution in [1.29, 1.82) is 0 Å². The van der Waals surface area contributed by atoms with Crippen LogP contribution >= 0.6 is 11.3 Å². The Morgan fingerprint density at radius 3 is 3.04 bits per heavy atom. The number of piperidine rings is 2. The van der Waals surface area contributed by atoms with Crippen molar-refractivity contribution in [2.24, 2.45) is 5.92 Å². The molecule has 2 aromatic rings. The summed E-state index contributed by atoms with van der Waals surface area (Å²) >= 11 is 1.46. The highest BCUT2D eigenvalue weighted by Crippen LogP contribution is 2.31. The molecule has 120 valence electrons. The predicted octanol–water partition coefficient (Wildman–Crippen LogP) is 3.45. The molecule has 4 rings (SSSR count). The Kier molecular flexibility index (Phi) is 4.14. The van der Waals surface area contributed by atoms with Crippen LogP contribution in [0.25, 0.3) is 10.6 Å². The summed E-state index contributed by atoms with van der Waals surface area (Å²) in [5.41, 5.74) is 0.900. The first-order valence-electron chi connectivity index (χ1n) is 8.24. The van der Waals surface area contributed by atoms with Gasteiger partial charge in [0.05, 0.1) is 10.6 Å². The van der Waals surface area contributed by atoms with E-state index in [-0.39, 0.29) is 12.1 Å². The molecule has 2 aliphatic heterocycles. The largest absolute Gasteiger partial charge is 0.458 e. The summed E-state index contributed by atoms with van der Waals surface area (Å²) in [6, 6.07) is 9.61. The number of carbonyl (C=O) groups excluding carboxylic acids is 1. The first-order chi connectivity index (χ1) is 11.3. The Labute approximate surface area is 140 Å². The van der Waals surface area contributed by atoms with E-state index in [0.29, 0.717) is 10.8 Å². The van der Waals surface area contributed by atoms with Gasteiger partial charge >= 0.3 is 5.97 Å². The van der Waals surface area contributed by atoms with Crippen LogP contribution in [-0.2, 0) is 4.74 Å². The summed E-state index contributed by atoms with van der Waals surface area (Å²) in [6.07, 6.45) is 5.22. The van der Waals surface area contributed by atoms with E-state index in [2.05, 4.69) is 9.88 Å². The van der Waals surface area contributed by atoms with Crippen LogP contribution < -0.4 is 0 Å². The molecule has 4 nitrogen and oxygen atoms in total. The minimum atomic E-state index is -0.179. The van der Waals surface area contributed by atoms with Gasteiger partial charge in [0.25, 0.3) is 0 Å². The van der Waals surface area contributed by atoms with Crippen LogP contribution in [-0.4, -0.2) is 41.6 Å². The fourth-order valence-corrected chi connectivity index (χ4v) is 4.45. The molecule has 4 heterocycles. The molecular weight excluding hydrogens is 308 g/mol. The number of rotatable bonds is 3. The third-order valence-electron chi connectivity index (χ3n) is 4.78. The van der Waals surface area contributed by atoms with Gasteiger partial charge in [0.2, 0.25) is 0 Å². The van der Waals surface area contributed by atoms with Gasteiger partial charge in [-0.05, 0) is 50.1 Å². The molecular formula is C18H20N2O2S. The second-order valence-corrected chi connectivity index (χ2v) is 7.40. The normalized spacial score (nSPS) is 26.7. The maximum Gasteiger partial charge on any atom is 0.348 e. The van der Waals surface area contributed by atoms with E-state index in [0.717, 1.165) is 30.1 Å². The van der Waals surface area contributed by atoms with E-state index >= 15 is 0 Å². The Morgan fingerprint density at radius 1 is 1.22 bits per heavy atom. The van der Waals surface area contributed by atoms with Gasteiger partial charge in [0.1, 0.15) is 11.0 Å². The molecule has 2 aliphatic rings. The molecule has 0 spiro atoms. The smallest absolute Gasteiger partial charge is 0.348 e. The number of aromatic nitrogens is 1. The van der Waals surface area contributed by atoms with Gasteiger partial charge in [-0.3, -0.25) is 4.98 Å². The van der Waals surface area contributed by atoms with Gasteiger partial charge in [0.15, 0.2) is 0 Å². The average Bonchev–Trinajstić information content (AvgIpc) is 3.09. The molecule has 3 atom stereocenters. The molecule has 2 aromatic heterocycles. The third-order valence-corrected chi connectivity index (χ3v) is 5.87. The number of ether oxygens (including phenoxy) is 1. The first-order valence-corrected chi connectivity index (χ1v) is 9.06. The molecule has 0 radical (unpaired) electrons. The monoisotopic (exact) mass is 328 g/mol. The van der Waals surface area contributed by atoms with Gasteiger partial charge in [0, 0.05) is 25.2 Å². The molecule has 0 aromatic carbocycles. The van der Waals surface area contributed by atoms with Crippen molar-refractivity contribution in [3.05, 3.63) is 41.4 Å². The van der Waals surface area contributed by atoms with E-state index in [9.17, 15) is 4.79 Å². The Hall–Kier alpha value is -1.72. The molecule has 0 saturated carbocycles. The van der Waals surface area contributed by atoms with Gasteiger partial charge in [-0.1, -0.05) is 6.07 Å². The number of fused-ring (bicyclic) bond motifs is 2. The van der Waals surface area contributed by atoms with Gasteiger partial charge in [-0.2, -0.15) is 0 Å². The number of thiophene rings is 1. The summed E-state index contributed by atoms with van der Waals surface area (Å²) in [5, 5.41) is 0. The van der Waals surface area contributed by atoms with Crippen LogP contribution in [0.1, 0.15) is 28.9 Å². The van der Waals surface area contributed by atoms with Gasteiger partial charge in [-0.15, -0.1) is 11.3 Å². The van der Waals surface area contributed by atoms with Crippen molar-refractivity contribution in [3.8, 4) is 10.6 Å². The minimum Gasteiger partial charge on any atom is -0.458 e. The number of hydrogen-bond donors (Lipinski definition) is 0. The van der Waals surface area contributed by atoms with Crippen molar-refractivity contribution < 1.29 is 9.53 Å². The molecule has 3 unspecified atom stereocenters. The molecule has 2 saturated heterocycles. The van der Waals surface area contributed by atoms with Crippen LogP contribution in [0, 0.1) is 5.92 Å². The highest BCUT2D eigenvalue weighted by atomic mass is 32.1. The Bertz CT molecular complexity index is 685. The Balaban J connectivity index is 1.44. The average molecular weight is 328 g/mol. The van der Waals surface area contributed by atoms with Crippen LogP contribution in [0.2, 0.25) is 0 Å². The quantitative estimate of drug-likeness (QED) is 0.809. The second-order valence-electron chi connectivity index (χ2n) is 6.31. The zero-order valence-electron chi connectivity index (χ0n) is 13.0. The number of esters is 1. The number of nitrogens with zero attached hydrogens (tertiary/aromatic N) is 2. The summed E-state index contributed by atoms with van der Waals surface area (Å²) < 4.78 is 5.84. The molecule has 2 fully saturated rings. The summed E-state index contributed by atoms with van der Waals surface area (Å²) in [6.45, 7) is 3.34. The van der Waals surface area contributed by atoms with E-state index in [1.807, 2.05) is 30.3 Å². The molecule has 0 aliphatic carbocycles.